The first kappa shape index (κ1) is 23.6. The average Bonchev–Trinajstić information content (AvgIpc) is 3.65. The third-order valence-electron chi connectivity index (χ3n) is 6.30. The van der Waals surface area contributed by atoms with Gasteiger partial charge < -0.3 is 0 Å². The number of sulfone groups is 1. The van der Waals surface area contributed by atoms with Crippen LogP contribution >= 0.6 is 22.7 Å². The van der Waals surface area contributed by atoms with Crippen LogP contribution in [0.4, 0.5) is 0 Å². The van der Waals surface area contributed by atoms with Gasteiger partial charge in [0.25, 0.3) is 0 Å². The molecule has 0 fully saturated rings. The second-order valence-corrected chi connectivity index (χ2v) is 12.3. The molecular weight excluding hydrogens is 513 g/mol. The highest BCUT2D eigenvalue weighted by atomic mass is 32.2. The zero-order valence-corrected chi connectivity index (χ0v) is 22.2. The van der Waals surface area contributed by atoms with Gasteiger partial charge in [-0.2, -0.15) is 0 Å². The first-order valence-corrected chi connectivity index (χ1v) is 15.1. The van der Waals surface area contributed by atoms with Gasteiger partial charge in [0.05, 0.1) is 9.79 Å². The largest absolute Gasteiger partial charge is 0.218 e. The summed E-state index contributed by atoms with van der Waals surface area (Å²) in [6.07, 6.45) is 0. The number of hydrogen-bond acceptors (Lipinski definition) is 4. The predicted molar refractivity (Wildman–Crippen MR) is 156 cm³/mol. The Morgan fingerprint density at radius 2 is 0.811 bits per heavy atom. The van der Waals surface area contributed by atoms with E-state index in [1.54, 1.807) is 46.9 Å². The lowest BCUT2D eigenvalue weighted by atomic mass is 10.1. The van der Waals surface area contributed by atoms with Crippen LogP contribution in [0.3, 0.4) is 0 Å². The Balaban J connectivity index is 1.43. The summed E-state index contributed by atoms with van der Waals surface area (Å²) < 4.78 is 28.4. The lowest BCUT2D eigenvalue weighted by Crippen LogP contribution is -2.05. The van der Waals surface area contributed by atoms with E-state index in [0.717, 1.165) is 43.1 Å². The highest BCUT2D eigenvalue weighted by molar-refractivity contribution is 7.91. The molecule has 0 saturated carbocycles. The normalized spacial score (nSPS) is 11.5. The van der Waals surface area contributed by atoms with E-state index in [-0.39, 0.29) is 0 Å². The van der Waals surface area contributed by atoms with Crippen molar-refractivity contribution in [3.63, 3.8) is 0 Å². The Kier molecular flexibility index (Phi) is 6.35. The van der Waals surface area contributed by atoms with Crippen LogP contribution in [0.1, 0.15) is 0 Å². The predicted octanol–water partition coefficient (Wildman–Crippen LogP) is 9.31. The van der Waals surface area contributed by atoms with Gasteiger partial charge in [-0.15, -0.1) is 22.7 Å². The van der Waals surface area contributed by atoms with E-state index in [1.807, 2.05) is 60.7 Å². The van der Waals surface area contributed by atoms with Crippen LogP contribution in [0.25, 0.3) is 43.1 Å². The number of rotatable bonds is 6. The first-order valence-electron chi connectivity index (χ1n) is 11.8. The van der Waals surface area contributed by atoms with E-state index in [9.17, 15) is 8.42 Å². The van der Waals surface area contributed by atoms with Gasteiger partial charge in [-0.05, 0) is 57.3 Å². The lowest BCUT2D eigenvalue weighted by Gasteiger charge is -2.12. The van der Waals surface area contributed by atoms with Crippen LogP contribution in [0, 0.1) is 0 Å². The third kappa shape index (κ3) is 4.58. The molecule has 0 amide bonds. The standard InChI is InChI=1S/C32H22O2S3/c33-37(34,31-17-9-7-15-27(31)29-19-25(21-35-29)23-11-3-1-4-12-23)32-18-10-8-16-28(32)30-20-26(22-36-30)24-13-5-2-6-14-24/h1-22H. The minimum Gasteiger partial charge on any atom is -0.218 e. The highest BCUT2D eigenvalue weighted by Gasteiger charge is 2.26. The lowest BCUT2D eigenvalue weighted by molar-refractivity contribution is 0.596. The average molecular weight is 535 g/mol. The summed E-state index contributed by atoms with van der Waals surface area (Å²) in [6.45, 7) is 0. The van der Waals surface area contributed by atoms with Gasteiger partial charge in [0.15, 0.2) is 0 Å². The molecule has 4 aromatic carbocycles. The monoisotopic (exact) mass is 534 g/mol. The van der Waals surface area contributed by atoms with Gasteiger partial charge >= 0.3 is 0 Å². The number of thiophene rings is 2. The molecule has 0 radical (unpaired) electrons. The Labute approximate surface area is 225 Å². The molecule has 6 aromatic rings. The van der Waals surface area contributed by atoms with E-state index >= 15 is 0 Å². The van der Waals surface area contributed by atoms with Crippen molar-refractivity contribution in [2.45, 2.75) is 9.79 Å². The molecule has 0 N–H and O–H groups in total. The van der Waals surface area contributed by atoms with Crippen LogP contribution in [-0.2, 0) is 9.84 Å². The molecule has 0 aliphatic heterocycles. The molecule has 2 heterocycles. The molecule has 5 heteroatoms. The smallest absolute Gasteiger partial charge is 0.207 e. The molecule has 2 aromatic heterocycles. The van der Waals surface area contributed by atoms with E-state index in [1.165, 1.54) is 0 Å². The molecule has 0 bridgehead atoms. The summed E-state index contributed by atoms with van der Waals surface area (Å²) in [5.74, 6) is 0. The van der Waals surface area contributed by atoms with Crippen LogP contribution in [0.2, 0.25) is 0 Å². The minimum absolute atomic E-state index is 0.323. The van der Waals surface area contributed by atoms with E-state index in [0.29, 0.717) is 9.79 Å². The van der Waals surface area contributed by atoms with Crippen molar-refractivity contribution in [2.75, 3.05) is 0 Å². The third-order valence-corrected chi connectivity index (χ3v) is 10.1. The van der Waals surface area contributed by atoms with Crippen molar-refractivity contribution in [2.24, 2.45) is 0 Å². The summed E-state index contributed by atoms with van der Waals surface area (Å²) in [5.41, 5.74) is 5.84. The molecule has 0 aliphatic rings. The fraction of sp³-hybridized carbons (Fsp3) is 0. The Bertz CT molecular complexity index is 1650. The Morgan fingerprint density at radius 1 is 0.432 bits per heavy atom. The van der Waals surface area contributed by atoms with Gasteiger partial charge in [-0.25, -0.2) is 8.42 Å². The molecule has 0 atom stereocenters. The van der Waals surface area contributed by atoms with Crippen LogP contribution in [0.5, 0.6) is 0 Å². The molecule has 0 unspecified atom stereocenters. The second kappa shape index (κ2) is 9.94. The van der Waals surface area contributed by atoms with Gasteiger partial charge in [-0.3, -0.25) is 0 Å². The van der Waals surface area contributed by atoms with Crippen molar-refractivity contribution in [1.82, 2.24) is 0 Å². The summed E-state index contributed by atoms with van der Waals surface area (Å²) in [6, 6.07) is 39.0. The fourth-order valence-corrected chi connectivity index (χ4v) is 8.18. The maximum absolute atomic E-state index is 14.2. The van der Waals surface area contributed by atoms with Crippen molar-refractivity contribution in [3.8, 4) is 43.1 Å². The first-order chi connectivity index (χ1) is 18.1. The fourth-order valence-electron chi connectivity index (χ4n) is 4.45. The summed E-state index contributed by atoms with van der Waals surface area (Å²) in [4.78, 5) is 2.50. The van der Waals surface area contributed by atoms with Crippen LogP contribution in [-0.4, -0.2) is 8.42 Å². The zero-order chi connectivity index (χ0) is 25.2. The number of hydrogen-bond donors (Lipinski definition) is 0. The minimum atomic E-state index is -3.79. The van der Waals surface area contributed by atoms with Crippen LogP contribution < -0.4 is 0 Å². The number of benzene rings is 4. The van der Waals surface area contributed by atoms with Gasteiger partial charge in [0, 0.05) is 20.9 Å². The van der Waals surface area contributed by atoms with Gasteiger partial charge in [-0.1, -0.05) is 97.1 Å². The molecule has 0 aliphatic carbocycles. The molecule has 0 spiro atoms. The van der Waals surface area contributed by atoms with Crippen LogP contribution in [0.15, 0.2) is 142 Å². The quantitative estimate of drug-likeness (QED) is 0.213. The van der Waals surface area contributed by atoms with Crippen molar-refractivity contribution in [3.05, 3.63) is 132 Å². The Hall–Kier alpha value is -3.77. The van der Waals surface area contributed by atoms with Crippen molar-refractivity contribution < 1.29 is 8.42 Å². The molecule has 2 nitrogen and oxygen atoms in total. The van der Waals surface area contributed by atoms with Crippen molar-refractivity contribution >= 4 is 32.5 Å². The van der Waals surface area contributed by atoms with Crippen molar-refractivity contribution in [1.29, 1.82) is 0 Å². The topological polar surface area (TPSA) is 34.1 Å². The zero-order valence-electron chi connectivity index (χ0n) is 19.7. The molecule has 37 heavy (non-hydrogen) atoms. The molecular formula is C32H22O2S3. The SMILES string of the molecule is O=S(=O)(c1ccccc1-c1cc(-c2ccccc2)cs1)c1ccccc1-c1cc(-c2ccccc2)cs1. The second-order valence-electron chi connectivity index (χ2n) is 8.63. The summed E-state index contributed by atoms with van der Waals surface area (Å²) >= 11 is 3.12. The molecule has 180 valence electrons. The Morgan fingerprint density at radius 3 is 1.24 bits per heavy atom. The molecule has 6 rings (SSSR count). The maximum Gasteiger partial charge on any atom is 0.207 e. The van der Waals surface area contributed by atoms with E-state index in [2.05, 4.69) is 47.2 Å². The highest BCUT2D eigenvalue weighted by Crippen LogP contribution is 2.41. The van der Waals surface area contributed by atoms with Gasteiger partial charge in [0.2, 0.25) is 9.84 Å². The molecule has 0 saturated heterocycles. The van der Waals surface area contributed by atoms with Gasteiger partial charge in [0.1, 0.15) is 0 Å². The van der Waals surface area contributed by atoms with E-state index in [4.69, 9.17) is 0 Å². The summed E-state index contributed by atoms with van der Waals surface area (Å²) in [5, 5.41) is 4.16. The summed E-state index contributed by atoms with van der Waals surface area (Å²) in [7, 11) is -3.79. The maximum atomic E-state index is 14.2. The van der Waals surface area contributed by atoms with E-state index < -0.39 is 9.84 Å².